The van der Waals surface area contributed by atoms with Crippen LogP contribution >= 0.6 is 0 Å². The second-order valence-corrected chi connectivity index (χ2v) is 5.99. The largest absolute Gasteiger partial charge is 0.497 e. The van der Waals surface area contributed by atoms with Gasteiger partial charge in [-0.1, -0.05) is 30.3 Å². The van der Waals surface area contributed by atoms with Gasteiger partial charge in [-0.3, -0.25) is 4.79 Å². The molecule has 7 heteroatoms. The van der Waals surface area contributed by atoms with Crippen LogP contribution in [0.15, 0.2) is 48.5 Å². The van der Waals surface area contributed by atoms with E-state index in [1.807, 2.05) is 30.3 Å². The molecule has 150 valence electrons. The standard InChI is InChI=1S/C21H26N2O5/c1-4-28-20(24)10-11-23(15-16-8-6-5-7-9-16)21(25)22-17-12-18(26-2)14-19(13-17)27-3/h5-9,12-14H,4,10-11,15H2,1-3H3,(H,22,25). The van der Waals surface area contributed by atoms with E-state index in [-0.39, 0.29) is 25.0 Å². The molecule has 0 saturated carbocycles. The minimum Gasteiger partial charge on any atom is -0.497 e. The van der Waals surface area contributed by atoms with E-state index in [1.54, 1.807) is 44.2 Å². The summed E-state index contributed by atoms with van der Waals surface area (Å²) >= 11 is 0. The predicted octanol–water partition coefficient (Wildman–Crippen LogP) is 3.69. The van der Waals surface area contributed by atoms with Gasteiger partial charge in [0.05, 0.1) is 27.2 Å². The summed E-state index contributed by atoms with van der Waals surface area (Å²) in [6.45, 7) is 2.67. The van der Waals surface area contributed by atoms with Crippen LogP contribution in [-0.4, -0.2) is 44.3 Å². The first-order valence-electron chi connectivity index (χ1n) is 9.04. The molecule has 0 atom stereocenters. The molecule has 2 rings (SSSR count). The van der Waals surface area contributed by atoms with Crippen LogP contribution in [0.4, 0.5) is 10.5 Å². The van der Waals surface area contributed by atoms with Crippen molar-refractivity contribution >= 4 is 17.7 Å². The van der Waals surface area contributed by atoms with Gasteiger partial charge in [-0.25, -0.2) is 4.79 Å². The summed E-state index contributed by atoms with van der Waals surface area (Å²) in [4.78, 5) is 26.2. The number of urea groups is 1. The van der Waals surface area contributed by atoms with Crippen molar-refractivity contribution in [3.63, 3.8) is 0 Å². The Labute approximate surface area is 165 Å². The molecule has 7 nitrogen and oxygen atoms in total. The number of hydrogen-bond acceptors (Lipinski definition) is 5. The highest BCUT2D eigenvalue weighted by Gasteiger charge is 2.17. The Bertz CT molecular complexity index is 757. The van der Waals surface area contributed by atoms with Gasteiger partial charge in [0.25, 0.3) is 0 Å². The molecular weight excluding hydrogens is 360 g/mol. The maximum atomic E-state index is 12.9. The number of hydrogen-bond donors (Lipinski definition) is 1. The number of esters is 1. The molecule has 0 radical (unpaired) electrons. The molecule has 0 aliphatic rings. The van der Waals surface area contributed by atoms with Gasteiger partial charge in [0, 0.05) is 37.0 Å². The molecule has 2 aromatic rings. The predicted molar refractivity (Wildman–Crippen MR) is 107 cm³/mol. The third-order valence-electron chi connectivity index (χ3n) is 4.00. The number of carbonyl (C=O) groups is 2. The summed E-state index contributed by atoms with van der Waals surface area (Å²) in [7, 11) is 3.09. The van der Waals surface area contributed by atoms with Crippen molar-refractivity contribution in [3.05, 3.63) is 54.1 Å². The number of rotatable bonds is 9. The molecule has 0 unspecified atom stereocenters. The lowest BCUT2D eigenvalue weighted by Gasteiger charge is -2.23. The summed E-state index contributed by atoms with van der Waals surface area (Å²) in [6.07, 6.45) is 0.121. The number of nitrogens with one attached hydrogen (secondary N) is 1. The van der Waals surface area contributed by atoms with E-state index in [0.717, 1.165) is 5.56 Å². The number of methoxy groups -OCH3 is 2. The first-order valence-corrected chi connectivity index (χ1v) is 9.04. The normalized spacial score (nSPS) is 10.1. The summed E-state index contributed by atoms with van der Waals surface area (Å²) in [6, 6.07) is 14.4. The van der Waals surface area contributed by atoms with Gasteiger partial charge in [-0.05, 0) is 12.5 Å². The fraction of sp³-hybridized carbons (Fsp3) is 0.333. The SMILES string of the molecule is CCOC(=O)CCN(Cc1ccccc1)C(=O)Nc1cc(OC)cc(OC)c1. The lowest BCUT2D eigenvalue weighted by Crippen LogP contribution is -2.36. The summed E-state index contributed by atoms with van der Waals surface area (Å²) in [5.74, 6) is 0.794. The molecule has 0 aliphatic carbocycles. The highest BCUT2D eigenvalue weighted by molar-refractivity contribution is 5.90. The smallest absolute Gasteiger partial charge is 0.322 e. The monoisotopic (exact) mass is 386 g/mol. The van der Waals surface area contributed by atoms with E-state index < -0.39 is 0 Å². The summed E-state index contributed by atoms with van der Waals surface area (Å²) in [5.41, 5.74) is 1.50. The molecule has 0 spiro atoms. The molecule has 28 heavy (non-hydrogen) atoms. The van der Waals surface area contributed by atoms with Crippen molar-refractivity contribution in [1.29, 1.82) is 0 Å². The van der Waals surface area contributed by atoms with E-state index in [9.17, 15) is 9.59 Å². The van der Waals surface area contributed by atoms with Crippen LogP contribution in [-0.2, 0) is 16.1 Å². The maximum Gasteiger partial charge on any atom is 0.322 e. The van der Waals surface area contributed by atoms with Gasteiger partial charge < -0.3 is 24.4 Å². The number of anilines is 1. The highest BCUT2D eigenvalue weighted by Crippen LogP contribution is 2.26. The van der Waals surface area contributed by atoms with E-state index in [2.05, 4.69) is 5.32 Å². The Morgan fingerprint density at radius 1 is 1.00 bits per heavy atom. The Balaban J connectivity index is 2.14. The molecular formula is C21H26N2O5. The van der Waals surface area contributed by atoms with Crippen LogP contribution in [0.1, 0.15) is 18.9 Å². The van der Waals surface area contributed by atoms with Crippen molar-refractivity contribution in [2.75, 3.05) is 32.7 Å². The first kappa shape index (κ1) is 21.1. The van der Waals surface area contributed by atoms with Crippen LogP contribution in [0.3, 0.4) is 0 Å². The molecule has 2 aromatic carbocycles. The zero-order chi connectivity index (χ0) is 20.4. The Hall–Kier alpha value is -3.22. The van der Waals surface area contributed by atoms with Gasteiger partial charge in [-0.2, -0.15) is 0 Å². The van der Waals surface area contributed by atoms with E-state index in [0.29, 0.717) is 30.3 Å². The zero-order valence-corrected chi connectivity index (χ0v) is 16.4. The lowest BCUT2D eigenvalue weighted by atomic mass is 10.2. The fourth-order valence-electron chi connectivity index (χ4n) is 2.60. The molecule has 0 fully saturated rings. The summed E-state index contributed by atoms with van der Waals surface area (Å²) in [5, 5.41) is 2.84. The molecule has 0 bridgehead atoms. The molecule has 1 N–H and O–H groups in total. The maximum absolute atomic E-state index is 12.9. The van der Waals surface area contributed by atoms with Crippen molar-refractivity contribution in [3.8, 4) is 11.5 Å². The average molecular weight is 386 g/mol. The minimum absolute atomic E-state index is 0.121. The topological polar surface area (TPSA) is 77.1 Å². The minimum atomic E-state index is -0.337. The Morgan fingerprint density at radius 2 is 1.64 bits per heavy atom. The second-order valence-electron chi connectivity index (χ2n) is 5.99. The van der Waals surface area contributed by atoms with Gasteiger partial charge >= 0.3 is 12.0 Å². The molecule has 0 saturated heterocycles. The van der Waals surface area contributed by atoms with Crippen molar-refractivity contribution < 1.29 is 23.8 Å². The van der Waals surface area contributed by atoms with E-state index in [1.165, 1.54) is 0 Å². The van der Waals surface area contributed by atoms with Gasteiger partial charge in [0.1, 0.15) is 11.5 Å². The summed E-state index contributed by atoms with van der Waals surface area (Å²) < 4.78 is 15.4. The third-order valence-corrected chi connectivity index (χ3v) is 4.00. The molecule has 2 amide bonds. The Morgan fingerprint density at radius 3 is 2.21 bits per heavy atom. The number of amides is 2. The Kier molecular flexibility index (Phi) is 8.14. The van der Waals surface area contributed by atoms with Crippen molar-refractivity contribution in [2.45, 2.75) is 19.9 Å². The zero-order valence-electron chi connectivity index (χ0n) is 16.4. The molecule has 0 heterocycles. The average Bonchev–Trinajstić information content (AvgIpc) is 2.71. The van der Waals surface area contributed by atoms with E-state index >= 15 is 0 Å². The molecule has 0 aliphatic heterocycles. The van der Waals surface area contributed by atoms with Crippen molar-refractivity contribution in [2.24, 2.45) is 0 Å². The van der Waals surface area contributed by atoms with Crippen LogP contribution in [0.25, 0.3) is 0 Å². The van der Waals surface area contributed by atoms with Crippen LogP contribution in [0.2, 0.25) is 0 Å². The number of nitrogens with zero attached hydrogens (tertiary/aromatic N) is 1. The third kappa shape index (κ3) is 6.50. The number of benzene rings is 2. The first-order chi connectivity index (χ1) is 13.5. The quantitative estimate of drug-likeness (QED) is 0.665. The number of carbonyl (C=O) groups excluding carboxylic acids is 2. The van der Waals surface area contributed by atoms with Gasteiger partial charge in [0.2, 0.25) is 0 Å². The van der Waals surface area contributed by atoms with Gasteiger partial charge in [-0.15, -0.1) is 0 Å². The number of ether oxygens (including phenoxy) is 3. The molecule has 0 aromatic heterocycles. The van der Waals surface area contributed by atoms with E-state index in [4.69, 9.17) is 14.2 Å². The van der Waals surface area contributed by atoms with Crippen molar-refractivity contribution in [1.82, 2.24) is 4.90 Å². The fourth-order valence-corrected chi connectivity index (χ4v) is 2.60. The lowest BCUT2D eigenvalue weighted by molar-refractivity contribution is -0.143. The van der Waals surface area contributed by atoms with Crippen LogP contribution in [0, 0.1) is 0 Å². The van der Waals surface area contributed by atoms with Crippen LogP contribution in [0.5, 0.6) is 11.5 Å². The van der Waals surface area contributed by atoms with Gasteiger partial charge in [0.15, 0.2) is 0 Å². The highest BCUT2D eigenvalue weighted by atomic mass is 16.5. The second kappa shape index (κ2) is 10.8. The van der Waals surface area contributed by atoms with Crippen LogP contribution < -0.4 is 14.8 Å².